The van der Waals surface area contributed by atoms with Gasteiger partial charge in [0, 0.05) is 19.8 Å². The molecular formula is C11H25NO2. The Morgan fingerprint density at radius 2 is 1.93 bits per heavy atom. The van der Waals surface area contributed by atoms with Gasteiger partial charge in [0.2, 0.25) is 0 Å². The number of aliphatic hydroxyl groups is 2. The van der Waals surface area contributed by atoms with E-state index in [0.29, 0.717) is 5.92 Å². The Kier molecular flexibility index (Phi) is 7.15. The largest absolute Gasteiger partial charge is 0.396 e. The van der Waals surface area contributed by atoms with E-state index in [1.54, 1.807) is 0 Å². The molecule has 3 nitrogen and oxygen atoms in total. The van der Waals surface area contributed by atoms with Crippen molar-refractivity contribution < 1.29 is 10.2 Å². The van der Waals surface area contributed by atoms with E-state index >= 15 is 0 Å². The molecule has 86 valence electrons. The van der Waals surface area contributed by atoms with Gasteiger partial charge in [-0.15, -0.1) is 0 Å². The van der Waals surface area contributed by atoms with Crippen LogP contribution in [-0.4, -0.2) is 36.5 Å². The van der Waals surface area contributed by atoms with Crippen molar-refractivity contribution in [2.75, 3.05) is 26.3 Å². The van der Waals surface area contributed by atoms with Gasteiger partial charge in [0.25, 0.3) is 0 Å². The van der Waals surface area contributed by atoms with E-state index in [4.69, 9.17) is 10.2 Å². The van der Waals surface area contributed by atoms with Crippen LogP contribution in [0.4, 0.5) is 0 Å². The van der Waals surface area contributed by atoms with Crippen LogP contribution in [0, 0.1) is 11.3 Å². The maximum Gasteiger partial charge on any atom is 0.0468 e. The Balaban J connectivity index is 3.54. The molecule has 0 aromatic rings. The minimum Gasteiger partial charge on any atom is -0.396 e. The summed E-state index contributed by atoms with van der Waals surface area (Å²) < 4.78 is 0. The molecule has 0 heterocycles. The molecule has 1 unspecified atom stereocenters. The van der Waals surface area contributed by atoms with Crippen LogP contribution in [0.3, 0.4) is 0 Å². The fourth-order valence-electron chi connectivity index (χ4n) is 1.37. The van der Waals surface area contributed by atoms with E-state index < -0.39 is 0 Å². The standard InChI is InChI=1S/C11H25NO2/c1-10(8-14)7-12-9-11(2,3)5-4-6-13/h10,12-14H,4-9H2,1-3H3. The predicted octanol–water partition coefficient (Wildman–Crippen LogP) is 1.00. The lowest BCUT2D eigenvalue weighted by atomic mass is 9.88. The molecule has 0 amide bonds. The first-order valence-electron chi connectivity index (χ1n) is 5.44. The van der Waals surface area contributed by atoms with Crippen molar-refractivity contribution in [3.05, 3.63) is 0 Å². The van der Waals surface area contributed by atoms with Crippen molar-refractivity contribution in [2.45, 2.75) is 33.6 Å². The van der Waals surface area contributed by atoms with Crippen molar-refractivity contribution in [1.29, 1.82) is 0 Å². The molecule has 0 radical (unpaired) electrons. The Labute approximate surface area is 87.5 Å². The highest BCUT2D eigenvalue weighted by molar-refractivity contribution is 4.72. The molecule has 0 spiro atoms. The van der Waals surface area contributed by atoms with Gasteiger partial charge in [-0.3, -0.25) is 0 Å². The van der Waals surface area contributed by atoms with Crippen LogP contribution in [0.25, 0.3) is 0 Å². The van der Waals surface area contributed by atoms with Gasteiger partial charge >= 0.3 is 0 Å². The molecule has 0 aliphatic rings. The molecule has 1 atom stereocenters. The van der Waals surface area contributed by atoms with Gasteiger partial charge in [-0.05, 0) is 30.7 Å². The van der Waals surface area contributed by atoms with Gasteiger partial charge in [0.05, 0.1) is 0 Å². The highest BCUT2D eigenvalue weighted by Crippen LogP contribution is 2.20. The van der Waals surface area contributed by atoms with E-state index in [1.807, 2.05) is 6.92 Å². The van der Waals surface area contributed by atoms with Crippen molar-refractivity contribution in [2.24, 2.45) is 11.3 Å². The normalized spacial score (nSPS) is 14.4. The summed E-state index contributed by atoms with van der Waals surface area (Å²) in [5.41, 5.74) is 0.234. The maximum absolute atomic E-state index is 8.83. The first kappa shape index (κ1) is 13.9. The molecule has 0 aromatic carbocycles. The molecule has 14 heavy (non-hydrogen) atoms. The number of hydrogen-bond donors (Lipinski definition) is 3. The van der Waals surface area contributed by atoms with Gasteiger partial charge in [0.1, 0.15) is 0 Å². The van der Waals surface area contributed by atoms with Crippen LogP contribution < -0.4 is 5.32 Å². The summed E-state index contributed by atoms with van der Waals surface area (Å²) in [6.45, 7) is 8.73. The van der Waals surface area contributed by atoms with E-state index in [-0.39, 0.29) is 18.6 Å². The topological polar surface area (TPSA) is 52.5 Å². The molecular weight excluding hydrogens is 178 g/mol. The van der Waals surface area contributed by atoms with Crippen LogP contribution in [0.5, 0.6) is 0 Å². The monoisotopic (exact) mass is 203 g/mol. The van der Waals surface area contributed by atoms with Gasteiger partial charge in [-0.2, -0.15) is 0 Å². The van der Waals surface area contributed by atoms with Gasteiger partial charge in [0.15, 0.2) is 0 Å². The molecule has 0 fully saturated rings. The second-order valence-corrected chi connectivity index (χ2v) is 4.91. The number of aliphatic hydroxyl groups excluding tert-OH is 2. The van der Waals surface area contributed by atoms with Crippen LogP contribution in [0.1, 0.15) is 33.6 Å². The Morgan fingerprint density at radius 1 is 1.29 bits per heavy atom. The van der Waals surface area contributed by atoms with Crippen molar-refractivity contribution in [3.63, 3.8) is 0 Å². The number of hydrogen-bond acceptors (Lipinski definition) is 3. The van der Waals surface area contributed by atoms with Crippen LogP contribution >= 0.6 is 0 Å². The predicted molar refractivity (Wildman–Crippen MR) is 59.2 cm³/mol. The second-order valence-electron chi connectivity index (χ2n) is 4.91. The summed E-state index contributed by atoms with van der Waals surface area (Å²) in [5, 5.41) is 20.9. The first-order chi connectivity index (χ1) is 6.52. The van der Waals surface area contributed by atoms with Crippen LogP contribution in [0.2, 0.25) is 0 Å². The average Bonchev–Trinajstić information content (AvgIpc) is 2.14. The lowest BCUT2D eigenvalue weighted by Gasteiger charge is -2.25. The minimum atomic E-state index is 0.234. The number of nitrogens with one attached hydrogen (secondary N) is 1. The summed E-state index contributed by atoms with van der Waals surface area (Å²) in [6, 6.07) is 0. The molecule has 0 saturated carbocycles. The third-order valence-electron chi connectivity index (χ3n) is 2.42. The highest BCUT2D eigenvalue weighted by atomic mass is 16.3. The van der Waals surface area contributed by atoms with Gasteiger partial charge in [-0.25, -0.2) is 0 Å². The smallest absolute Gasteiger partial charge is 0.0468 e. The Morgan fingerprint density at radius 3 is 2.43 bits per heavy atom. The van der Waals surface area contributed by atoms with Gasteiger partial charge in [-0.1, -0.05) is 20.8 Å². The minimum absolute atomic E-state index is 0.234. The number of rotatable bonds is 8. The van der Waals surface area contributed by atoms with Crippen molar-refractivity contribution in [1.82, 2.24) is 5.32 Å². The Bertz CT molecular complexity index is 137. The molecule has 0 aliphatic heterocycles. The fourth-order valence-corrected chi connectivity index (χ4v) is 1.37. The summed E-state index contributed by atoms with van der Waals surface area (Å²) in [5.74, 6) is 0.323. The highest BCUT2D eigenvalue weighted by Gasteiger charge is 2.16. The zero-order valence-corrected chi connectivity index (χ0v) is 9.71. The lowest BCUT2D eigenvalue weighted by Crippen LogP contribution is -2.33. The quantitative estimate of drug-likeness (QED) is 0.552. The molecule has 0 aromatic heterocycles. The zero-order chi connectivity index (χ0) is 11.0. The van der Waals surface area contributed by atoms with Crippen LogP contribution in [-0.2, 0) is 0 Å². The molecule has 0 saturated heterocycles. The summed E-state index contributed by atoms with van der Waals surface area (Å²) in [7, 11) is 0. The van der Waals surface area contributed by atoms with Crippen molar-refractivity contribution >= 4 is 0 Å². The molecule has 0 rings (SSSR count). The van der Waals surface area contributed by atoms with E-state index in [0.717, 1.165) is 25.9 Å². The van der Waals surface area contributed by atoms with E-state index in [2.05, 4.69) is 19.2 Å². The summed E-state index contributed by atoms with van der Waals surface area (Å²) in [6.07, 6.45) is 1.90. The zero-order valence-electron chi connectivity index (χ0n) is 9.71. The Hall–Kier alpha value is -0.120. The SMILES string of the molecule is CC(CO)CNCC(C)(C)CCCO. The van der Waals surface area contributed by atoms with E-state index in [9.17, 15) is 0 Å². The van der Waals surface area contributed by atoms with E-state index in [1.165, 1.54) is 0 Å². The molecule has 3 heteroatoms. The fraction of sp³-hybridized carbons (Fsp3) is 1.00. The summed E-state index contributed by atoms with van der Waals surface area (Å²) >= 11 is 0. The molecule has 0 aliphatic carbocycles. The molecule has 3 N–H and O–H groups in total. The van der Waals surface area contributed by atoms with Crippen LogP contribution in [0.15, 0.2) is 0 Å². The third-order valence-corrected chi connectivity index (χ3v) is 2.42. The molecule has 0 bridgehead atoms. The second kappa shape index (κ2) is 7.21. The summed E-state index contributed by atoms with van der Waals surface area (Å²) in [4.78, 5) is 0. The maximum atomic E-state index is 8.83. The van der Waals surface area contributed by atoms with Crippen molar-refractivity contribution in [3.8, 4) is 0 Å². The van der Waals surface area contributed by atoms with Gasteiger partial charge < -0.3 is 15.5 Å². The third kappa shape index (κ3) is 7.30. The first-order valence-corrected chi connectivity index (χ1v) is 5.44. The average molecular weight is 203 g/mol. The lowest BCUT2D eigenvalue weighted by molar-refractivity contribution is 0.215.